The lowest BCUT2D eigenvalue weighted by Crippen LogP contribution is -2.18. The molecule has 0 radical (unpaired) electrons. The van der Waals surface area contributed by atoms with Gasteiger partial charge in [0.2, 0.25) is 0 Å². The van der Waals surface area contributed by atoms with E-state index >= 15 is 0 Å². The van der Waals surface area contributed by atoms with Crippen LogP contribution in [-0.4, -0.2) is 5.71 Å². The highest BCUT2D eigenvalue weighted by Crippen LogP contribution is 2.16. The summed E-state index contributed by atoms with van der Waals surface area (Å²) in [6.45, 7) is 6.58. The minimum atomic E-state index is -0.163. The van der Waals surface area contributed by atoms with Crippen LogP contribution in [0.25, 0.3) is 0 Å². The Hall–Kier alpha value is -1.62. The van der Waals surface area contributed by atoms with Crippen molar-refractivity contribution in [3.63, 3.8) is 0 Å². The van der Waals surface area contributed by atoms with Gasteiger partial charge in [0.1, 0.15) is 11.8 Å². The van der Waals surface area contributed by atoms with Gasteiger partial charge in [-0.2, -0.15) is 5.26 Å². The fourth-order valence-corrected chi connectivity index (χ4v) is 1.19. The minimum absolute atomic E-state index is 0.163. The highest BCUT2D eigenvalue weighted by atomic mass is 14.7. The van der Waals surface area contributed by atoms with Gasteiger partial charge >= 0.3 is 0 Å². The molecule has 78 valence electrons. The van der Waals surface area contributed by atoms with Crippen LogP contribution in [0.2, 0.25) is 0 Å². The molecule has 0 spiro atoms. The van der Waals surface area contributed by atoms with Gasteiger partial charge in [0, 0.05) is 5.41 Å². The normalized spacial score (nSPS) is 12.3. The molecule has 0 aliphatic heterocycles. The molecule has 0 saturated carbocycles. The topological polar surface area (TPSA) is 36.1 Å². The molecule has 0 unspecified atom stereocenters. The number of rotatable bonds is 2. The summed E-state index contributed by atoms with van der Waals surface area (Å²) in [5.41, 5.74) is 1.57. The predicted octanol–water partition coefficient (Wildman–Crippen LogP) is 3.20. The van der Waals surface area contributed by atoms with Gasteiger partial charge in [0.15, 0.2) is 0 Å². The standard InChI is InChI=1S/C13H16N2/c1-13(2,3)12(9-14)15-10-11-7-5-4-6-8-11/h4-8H,10H2,1-3H3. The van der Waals surface area contributed by atoms with E-state index in [4.69, 9.17) is 5.26 Å². The molecule has 1 aromatic rings. The predicted molar refractivity (Wildman–Crippen MR) is 62.6 cm³/mol. The van der Waals surface area contributed by atoms with E-state index in [-0.39, 0.29) is 5.41 Å². The highest BCUT2D eigenvalue weighted by Gasteiger charge is 2.17. The Morgan fingerprint density at radius 2 is 1.87 bits per heavy atom. The molecule has 0 aromatic heterocycles. The zero-order valence-electron chi connectivity index (χ0n) is 9.49. The second-order valence-corrected chi connectivity index (χ2v) is 4.51. The van der Waals surface area contributed by atoms with Crippen molar-refractivity contribution in [1.29, 1.82) is 5.26 Å². The summed E-state index contributed by atoms with van der Waals surface area (Å²) < 4.78 is 0. The van der Waals surface area contributed by atoms with Gasteiger partial charge in [-0.1, -0.05) is 51.1 Å². The summed E-state index contributed by atoms with van der Waals surface area (Å²) >= 11 is 0. The van der Waals surface area contributed by atoms with E-state index in [1.807, 2.05) is 51.1 Å². The van der Waals surface area contributed by atoms with Crippen molar-refractivity contribution in [2.45, 2.75) is 27.3 Å². The molecule has 15 heavy (non-hydrogen) atoms. The summed E-state index contributed by atoms with van der Waals surface area (Å²) in [6.07, 6.45) is 0. The molecule has 0 N–H and O–H groups in total. The van der Waals surface area contributed by atoms with Crippen LogP contribution in [0.15, 0.2) is 35.3 Å². The molecule has 0 amide bonds. The van der Waals surface area contributed by atoms with Crippen LogP contribution in [0.5, 0.6) is 0 Å². The quantitative estimate of drug-likeness (QED) is 0.675. The minimum Gasteiger partial charge on any atom is -0.273 e. The lowest BCUT2D eigenvalue weighted by Gasteiger charge is -2.15. The molecule has 2 heteroatoms. The Kier molecular flexibility index (Phi) is 3.62. The van der Waals surface area contributed by atoms with E-state index in [9.17, 15) is 0 Å². The van der Waals surface area contributed by atoms with E-state index in [1.54, 1.807) is 0 Å². The van der Waals surface area contributed by atoms with Crippen molar-refractivity contribution in [2.24, 2.45) is 10.4 Å². The SMILES string of the molecule is CC(C)(C)C(C#N)=NCc1ccccc1. The van der Waals surface area contributed by atoms with Crippen LogP contribution < -0.4 is 0 Å². The van der Waals surface area contributed by atoms with Gasteiger partial charge in [-0.3, -0.25) is 4.99 Å². The van der Waals surface area contributed by atoms with Crippen molar-refractivity contribution in [3.05, 3.63) is 35.9 Å². The third-order valence-corrected chi connectivity index (χ3v) is 2.08. The molecule has 1 aromatic carbocycles. The van der Waals surface area contributed by atoms with Crippen molar-refractivity contribution in [2.75, 3.05) is 0 Å². The number of hydrogen-bond acceptors (Lipinski definition) is 2. The molecule has 0 atom stereocenters. The number of hydrogen-bond donors (Lipinski definition) is 0. The van der Waals surface area contributed by atoms with Crippen molar-refractivity contribution < 1.29 is 0 Å². The van der Waals surface area contributed by atoms with Gasteiger partial charge in [-0.05, 0) is 5.56 Å². The maximum absolute atomic E-state index is 8.96. The summed E-state index contributed by atoms with van der Waals surface area (Å²) in [5.74, 6) is 0. The molecular formula is C13H16N2. The zero-order chi connectivity index (χ0) is 11.3. The van der Waals surface area contributed by atoms with E-state index < -0.39 is 0 Å². The number of nitriles is 1. The molecule has 0 saturated heterocycles. The first-order valence-corrected chi connectivity index (χ1v) is 5.03. The molecule has 0 fully saturated rings. The third kappa shape index (κ3) is 3.55. The number of aliphatic imine (C=N–C) groups is 1. The fraction of sp³-hybridized carbons (Fsp3) is 0.385. The first-order valence-electron chi connectivity index (χ1n) is 5.03. The fourth-order valence-electron chi connectivity index (χ4n) is 1.19. The highest BCUT2D eigenvalue weighted by molar-refractivity contribution is 6.02. The molecule has 1 rings (SSSR count). The number of benzene rings is 1. The van der Waals surface area contributed by atoms with Crippen molar-refractivity contribution in [1.82, 2.24) is 0 Å². The Balaban J connectivity index is 2.77. The Labute approximate surface area is 91.3 Å². The van der Waals surface area contributed by atoms with Crippen molar-refractivity contribution >= 4 is 5.71 Å². The average molecular weight is 200 g/mol. The zero-order valence-corrected chi connectivity index (χ0v) is 9.49. The summed E-state index contributed by atoms with van der Waals surface area (Å²) in [7, 11) is 0. The first kappa shape index (κ1) is 11.5. The maximum Gasteiger partial charge on any atom is 0.117 e. The maximum atomic E-state index is 8.96. The Morgan fingerprint density at radius 3 is 2.33 bits per heavy atom. The molecule has 0 heterocycles. The summed E-state index contributed by atoms with van der Waals surface area (Å²) in [4.78, 5) is 4.34. The monoisotopic (exact) mass is 200 g/mol. The molecule has 0 aliphatic carbocycles. The van der Waals surface area contributed by atoms with Crippen LogP contribution in [0.4, 0.5) is 0 Å². The first-order chi connectivity index (χ1) is 7.04. The van der Waals surface area contributed by atoms with Gasteiger partial charge in [0.05, 0.1) is 6.54 Å². The van der Waals surface area contributed by atoms with Crippen LogP contribution >= 0.6 is 0 Å². The van der Waals surface area contributed by atoms with Crippen LogP contribution in [0.3, 0.4) is 0 Å². The van der Waals surface area contributed by atoms with Gasteiger partial charge in [-0.15, -0.1) is 0 Å². The van der Waals surface area contributed by atoms with Crippen LogP contribution in [-0.2, 0) is 6.54 Å². The van der Waals surface area contributed by atoms with Gasteiger partial charge in [-0.25, -0.2) is 0 Å². The third-order valence-electron chi connectivity index (χ3n) is 2.08. The Bertz CT molecular complexity index is 377. The summed E-state index contributed by atoms with van der Waals surface area (Å²) in [6, 6.07) is 12.1. The molecule has 0 aliphatic rings. The second kappa shape index (κ2) is 4.75. The molecule has 2 nitrogen and oxygen atoms in total. The largest absolute Gasteiger partial charge is 0.273 e. The second-order valence-electron chi connectivity index (χ2n) is 4.51. The van der Waals surface area contributed by atoms with E-state index in [2.05, 4.69) is 11.1 Å². The average Bonchev–Trinajstić information content (AvgIpc) is 2.18. The smallest absolute Gasteiger partial charge is 0.117 e. The lowest BCUT2D eigenvalue weighted by molar-refractivity contribution is 0.592. The number of nitrogens with zero attached hydrogens (tertiary/aromatic N) is 2. The van der Waals surface area contributed by atoms with Gasteiger partial charge < -0.3 is 0 Å². The molecular weight excluding hydrogens is 184 g/mol. The van der Waals surface area contributed by atoms with E-state index in [0.717, 1.165) is 5.56 Å². The summed E-state index contributed by atoms with van der Waals surface area (Å²) in [5, 5.41) is 8.96. The lowest BCUT2D eigenvalue weighted by atomic mass is 9.91. The van der Waals surface area contributed by atoms with Crippen molar-refractivity contribution in [3.8, 4) is 6.07 Å². The van der Waals surface area contributed by atoms with Crippen LogP contribution in [0.1, 0.15) is 26.3 Å². The van der Waals surface area contributed by atoms with Crippen LogP contribution in [0, 0.1) is 16.7 Å². The van der Waals surface area contributed by atoms with E-state index in [1.165, 1.54) is 0 Å². The molecule has 0 bridgehead atoms. The van der Waals surface area contributed by atoms with E-state index in [0.29, 0.717) is 12.3 Å². The van der Waals surface area contributed by atoms with Gasteiger partial charge in [0.25, 0.3) is 0 Å². The Morgan fingerprint density at radius 1 is 1.27 bits per heavy atom.